The van der Waals surface area contributed by atoms with Crippen molar-refractivity contribution in [1.82, 2.24) is 4.90 Å². The van der Waals surface area contributed by atoms with Crippen molar-refractivity contribution in [1.29, 1.82) is 0 Å². The molecule has 1 fully saturated rings. The van der Waals surface area contributed by atoms with Gasteiger partial charge in [-0.15, -0.1) is 0 Å². The maximum Gasteiger partial charge on any atom is 0.255 e. The lowest BCUT2D eigenvalue weighted by Crippen LogP contribution is -2.40. The Morgan fingerprint density at radius 2 is 1.83 bits per heavy atom. The van der Waals surface area contributed by atoms with Gasteiger partial charge < -0.3 is 5.32 Å². The van der Waals surface area contributed by atoms with E-state index in [2.05, 4.69) is 36.3 Å². The minimum atomic E-state index is -0.477. The standard InChI is InChI=1S/C23H23N3O2S/c1-14(2)16-9-11-17(12-10-16)21-20(22(28)25-18-7-5-4-6-8-18)15(3)24-23-26(21)19(27)13-29-23/h4-12,14,21H,13H2,1-3H3,(H,25,28)/t21-/m1/s1. The third-order valence-corrected chi connectivity index (χ3v) is 6.12. The van der Waals surface area contributed by atoms with Gasteiger partial charge in [0.1, 0.15) is 0 Å². The zero-order valence-corrected chi connectivity index (χ0v) is 17.5. The van der Waals surface area contributed by atoms with Crippen LogP contribution in [0, 0.1) is 0 Å². The van der Waals surface area contributed by atoms with Crippen molar-refractivity contribution in [3.8, 4) is 0 Å². The summed E-state index contributed by atoms with van der Waals surface area (Å²) in [6.07, 6.45) is 0. The monoisotopic (exact) mass is 405 g/mol. The van der Waals surface area contributed by atoms with Crippen LogP contribution in [0.15, 0.2) is 70.9 Å². The topological polar surface area (TPSA) is 61.8 Å². The molecule has 29 heavy (non-hydrogen) atoms. The number of nitrogens with one attached hydrogen (secondary N) is 1. The highest BCUT2D eigenvalue weighted by Crippen LogP contribution is 2.41. The number of allylic oxidation sites excluding steroid dienone is 1. The van der Waals surface area contributed by atoms with Crippen molar-refractivity contribution in [2.75, 3.05) is 11.1 Å². The van der Waals surface area contributed by atoms with E-state index in [4.69, 9.17) is 0 Å². The Labute approximate surface area is 174 Å². The van der Waals surface area contributed by atoms with Gasteiger partial charge in [0, 0.05) is 5.69 Å². The SMILES string of the molecule is CC1=C(C(=O)Nc2ccccc2)[C@@H](c2ccc(C(C)C)cc2)N2C(=O)CSC2=N1. The Kier molecular flexibility index (Phi) is 5.28. The summed E-state index contributed by atoms with van der Waals surface area (Å²) < 4.78 is 0. The van der Waals surface area contributed by atoms with Crippen LogP contribution in [0.2, 0.25) is 0 Å². The summed E-state index contributed by atoms with van der Waals surface area (Å²) in [6, 6.07) is 17.0. The lowest BCUT2D eigenvalue weighted by atomic mass is 9.91. The molecular formula is C23H23N3O2S. The fraction of sp³-hybridized carbons (Fsp3) is 0.261. The quantitative estimate of drug-likeness (QED) is 0.801. The Morgan fingerprint density at radius 3 is 2.48 bits per heavy atom. The van der Waals surface area contributed by atoms with Gasteiger partial charge >= 0.3 is 0 Å². The summed E-state index contributed by atoms with van der Waals surface area (Å²) in [6.45, 7) is 6.12. The van der Waals surface area contributed by atoms with E-state index in [0.717, 1.165) is 5.56 Å². The number of nitrogens with zero attached hydrogens (tertiary/aromatic N) is 2. The van der Waals surface area contributed by atoms with Gasteiger partial charge in [-0.05, 0) is 36.1 Å². The summed E-state index contributed by atoms with van der Waals surface area (Å²) in [5.74, 6) is 0.498. The van der Waals surface area contributed by atoms with Crippen molar-refractivity contribution in [3.63, 3.8) is 0 Å². The number of para-hydroxylation sites is 1. The van der Waals surface area contributed by atoms with Crippen LogP contribution in [0.1, 0.15) is 43.9 Å². The van der Waals surface area contributed by atoms with Crippen LogP contribution >= 0.6 is 11.8 Å². The number of hydrogen-bond acceptors (Lipinski definition) is 4. The summed E-state index contributed by atoms with van der Waals surface area (Å²) >= 11 is 1.42. The number of hydrogen-bond donors (Lipinski definition) is 1. The molecule has 2 aromatic carbocycles. The Bertz CT molecular complexity index is 1010. The van der Waals surface area contributed by atoms with Gasteiger partial charge in [0.15, 0.2) is 5.17 Å². The number of aliphatic imine (C=N–C) groups is 1. The second-order valence-electron chi connectivity index (χ2n) is 7.49. The van der Waals surface area contributed by atoms with E-state index in [1.807, 2.05) is 49.4 Å². The van der Waals surface area contributed by atoms with Crippen molar-refractivity contribution in [2.45, 2.75) is 32.7 Å². The number of amidine groups is 1. The van der Waals surface area contributed by atoms with Crippen LogP contribution in [0.25, 0.3) is 0 Å². The van der Waals surface area contributed by atoms with Gasteiger partial charge in [0.2, 0.25) is 5.91 Å². The molecule has 0 aliphatic carbocycles. The van der Waals surface area contributed by atoms with Crippen LogP contribution < -0.4 is 5.32 Å². The molecule has 0 radical (unpaired) electrons. The fourth-order valence-corrected chi connectivity index (χ4v) is 4.57. The average molecular weight is 406 g/mol. The number of carbonyl (C=O) groups excluding carboxylic acids is 2. The van der Waals surface area contributed by atoms with Gasteiger partial charge in [-0.3, -0.25) is 14.5 Å². The van der Waals surface area contributed by atoms with Crippen LogP contribution in [-0.2, 0) is 9.59 Å². The van der Waals surface area contributed by atoms with E-state index in [0.29, 0.717) is 33.8 Å². The van der Waals surface area contributed by atoms with Gasteiger partial charge in [0.05, 0.1) is 23.1 Å². The summed E-state index contributed by atoms with van der Waals surface area (Å²) in [5, 5.41) is 3.62. The van der Waals surface area contributed by atoms with E-state index in [9.17, 15) is 9.59 Å². The lowest BCUT2D eigenvalue weighted by molar-refractivity contribution is -0.125. The van der Waals surface area contributed by atoms with E-state index in [-0.39, 0.29) is 11.8 Å². The molecule has 6 heteroatoms. The van der Waals surface area contributed by atoms with Crippen LogP contribution in [0.4, 0.5) is 5.69 Å². The molecule has 2 aliphatic heterocycles. The first-order valence-corrected chi connectivity index (χ1v) is 10.6. The second-order valence-corrected chi connectivity index (χ2v) is 8.43. The Hall–Kier alpha value is -2.86. The highest BCUT2D eigenvalue weighted by atomic mass is 32.2. The summed E-state index contributed by atoms with van der Waals surface area (Å²) in [7, 11) is 0. The lowest BCUT2D eigenvalue weighted by Gasteiger charge is -2.33. The van der Waals surface area contributed by atoms with E-state index < -0.39 is 6.04 Å². The molecule has 0 unspecified atom stereocenters. The second kappa shape index (κ2) is 7.87. The predicted molar refractivity (Wildman–Crippen MR) is 118 cm³/mol. The normalized spacial score (nSPS) is 18.8. The third-order valence-electron chi connectivity index (χ3n) is 5.18. The molecule has 5 nitrogen and oxygen atoms in total. The molecule has 4 rings (SSSR count). The largest absolute Gasteiger partial charge is 0.322 e. The first-order valence-electron chi connectivity index (χ1n) is 9.66. The predicted octanol–water partition coefficient (Wildman–Crippen LogP) is 4.71. The maximum absolute atomic E-state index is 13.2. The highest BCUT2D eigenvalue weighted by molar-refractivity contribution is 8.15. The molecule has 1 saturated heterocycles. The molecule has 2 aliphatic rings. The van der Waals surface area contributed by atoms with E-state index in [1.54, 1.807) is 4.90 Å². The third kappa shape index (κ3) is 3.72. The van der Waals surface area contributed by atoms with Gasteiger partial charge in [-0.25, -0.2) is 4.99 Å². The first-order chi connectivity index (χ1) is 14.0. The zero-order valence-electron chi connectivity index (χ0n) is 16.7. The molecular weight excluding hydrogens is 382 g/mol. The van der Waals surface area contributed by atoms with Crippen LogP contribution in [0.3, 0.4) is 0 Å². The number of rotatable bonds is 4. The summed E-state index contributed by atoms with van der Waals surface area (Å²) in [5.41, 5.74) is 3.99. The smallest absolute Gasteiger partial charge is 0.255 e. The maximum atomic E-state index is 13.2. The van der Waals surface area contributed by atoms with E-state index >= 15 is 0 Å². The number of thioether (sulfide) groups is 1. The van der Waals surface area contributed by atoms with Gasteiger partial charge in [0.25, 0.3) is 5.91 Å². The van der Waals surface area contributed by atoms with E-state index in [1.165, 1.54) is 17.3 Å². The molecule has 1 N–H and O–H groups in total. The molecule has 2 aromatic rings. The van der Waals surface area contributed by atoms with Crippen LogP contribution in [0.5, 0.6) is 0 Å². The number of carbonyl (C=O) groups is 2. The van der Waals surface area contributed by atoms with Crippen molar-refractivity contribution < 1.29 is 9.59 Å². The molecule has 2 amide bonds. The molecule has 0 aromatic heterocycles. The number of amides is 2. The van der Waals surface area contributed by atoms with Crippen molar-refractivity contribution in [3.05, 3.63) is 77.0 Å². The number of anilines is 1. The Morgan fingerprint density at radius 1 is 1.14 bits per heavy atom. The van der Waals surface area contributed by atoms with Gasteiger partial charge in [-0.2, -0.15) is 0 Å². The zero-order chi connectivity index (χ0) is 20.5. The Balaban J connectivity index is 1.76. The molecule has 2 heterocycles. The minimum Gasteiger partial charge on any atom is -0.322 e. The van der Waals surface area contributed by atoms with Crippen molar-refractivity contribution in [2.24, 2.45) is 4.99 Å². The first kappa shape index (κ1) is 19.5. The van der Waals surface area contributed by atoms with Gasteiger partial charge in [-0.1, -0.05) is 68.1 Å². The fourth-order valence-electron chi connectivity index (χ4n) is 3.63. The molecule has 0 bridgehead atoms. The molecule has 0 saturated carbocycles. The highest BCUT2D eigenvalue weighted by Gasteiger charge is 2.42. The number of benzene rings is 2. The molecule has 148 valence electrons. The minimum absolute atomic E-state index is 0.0239. The molecule has 1 atom stereocenters. The summed E-state index contributed by atoms with van der Waals surface area (Å²) in [4.78, 5) is 32.2. The average Bonchev–Trinajstić information content (AvgIpc) is 3.08. The number of fused-ring (bicyclic) bond motifs is 1. The van der Waals surface area contributed by atoms with Crippen LogP contribution in [-0.4, -0.2) is 27.6 Å². The molecule has 0 spiro atoms. The van der Waals surface area contributed by atoms with Crippen molar-refractivity contribution >= 4 is 34.4 Å².